The van der Waals surface area contributed by atoms with Gasteiger partial charge >= 0.3 is 12.1 Å². The molecule has 0 amide bonds. The van der Waals surface area contributed by atoms with E-state index in [0.717, 1.165) is 12.1 Å². The quantitative estimate of drug-likeness (QED) is 0.484. The number of thiocarbonyl (C=S) groups is 1. The third kappa shape index (κ3) is 4.46. The Morgan fingerprint density at radius 1 is 1.53 bits per heavy atom. The van der Waals surface area contributed by atoms with Gasteiger partial charge in [0, 0.05) is 0 Å². The SMILES string of the molecule is COC(=O)CC(N=C=S)c1cccc(C(F)(F)F)c1. The lowest BCUT2D eigenvalue weighted by Gasteiger charge is -2.13. The molecule has 0 saturated heterocycles. The highest BCUT2D eigenvalue weighted by Gasteiger charge is 2.31. The first-order valence-corrected chi connectivity index (χ1v) is 5.60. The fraction of sp³-hybridized carbons (Fsp3) is 0.333. The number of nitrogens with zero attached hydrogens (tertiary/aromatic N) is 1. The number of carbonyl (C=O) groups is 1. The first-order valence-electron chi connectivity index (χ1n) is 5.19. The molecule has 0 fully saturated rings. The van der Waals surface area contributed by atoms with E-state index in [1.165, 1.54) is 19.2 Å². The Kier molecular flexibility index (Phi) is 5.20. The molecule has 1 unspecified atom stereocenters. The van der Waals surface area contributed by atoms with Gasteiger partial charge in [-0.1, -0.05) is 12.1 Å². The summed E-state index contributed by atoms with van der Waals surface area (Å²) in [5.74, 6) is -0.587. The third-order valence-corrected chi connectivity index (χ3v) is 2.50. The normalized spacial score (nSPS) is 12.4. The van der Waals surface area contributed by atoms with Crippen molar-refractivity contribution in [1.29, 1.82) is 0 Å². The van der Waals surface area contributed by atoms with Gasteiger partial charge in [-0.25, -0.2) is 4.99 Å². The number of aliphatic imine (C=N–C) groups is 1. The summed E-state index contributed by atoms with van der Waals surface area (Å²) < 4.78 is 42.2. The highest BCUT2D eigenvalue weighted by atomic mass is 32.1. The molecule has 0 heterocycles. The molecule has 1 aromatic carbocycles. The number of ether oxygens (including phenoxy) is 1. The smallest absolute Gasteiger partial charge is 0.416 e. The van der Waals surface area contributed by atoms with E-state index in [2.05, 4.69) is 27.1 Å². The number of carbonyl (C=O) groups excluding carboxylic acids is 1. The van der Waals surface area contributed by atoms with E-state index in [0.29, 0.717) is 0 Å². The molecule has 0 aliphatic heterocycles. The Bertz CT molecular complexity index is 510. The largest absolute Gasteiger partial charge is 0.469 e. The molecule has 1 atom stereocenters. The molecule has 7 heteroatoms. The maximum absolute atomic E-state index is 12.6. The second-order valence-corrected chi connectivity index (χ2v) is 3.82. The van der Waals surface area contributed by atoms with E-state index in [4.69, 9.17) is 0 Å². The number of rotatable bonds is 4. The average Bonchev–Trinajstić information content (AvgIpc) is 2.37. The molecule has 1 rings (SSSR count). The van der Waals surface area contributed by atoms with E-state index >= 15 is 0 Å². The molecule has 0 aliphatic carbocycles. The van der Waals surface area contributed by atoms with Crippen LogP contribution in [0.25, 0.3) is 0 Å². The van der Waals surface area contributed by atoms with Crippen LogP contribution in [0.5, 0.6) is 0 Å². The van der Waals surface area contributed by atoms with Crippen LogP contribution in [0.2, 0.25) is 0 Å². The van der Waals surface area contributed by atoms with Crippen molar-refractivity contribution >= 4 is 23.3 Å². The molecule has 0 saturated carbocycles. The number of esters is 1. The highest BCUT2D eigenvalue weighted by Crippen LogP contribution is 2.32. The number of isothiocyanates is 1. The van der Waals surface area contributed by atoms with Crippen molar-refractivity contribution in [2.45, 2.75) is 18.6 Å². The van der Waals surface area contributed by atoms with E-state index in [1.807, 2.05) is 0 Å². The van der Waals surface area contributed by atoms with Crippen molar-refractivity contribution in [2.75, 3.05) is 7.11 Å². The van der Waals surface area contributed by atoms with Crippen LogP contribution in [0.15, 0.2) is 29.3 Å². The lowest BCUT2D eigenvalue weighted by atomic mass is 10.0. The molecule has 0 spiro atoms. The van der Waals surface area contributed by atoms with Gasteiger partial charge in [-0.2, -0.15) is 13.2 Å². The van der Waals surface area contributed by atoms with Crippen LogP contribution < -0.4 is 0 Å². The molecular formula is C12H10F3NO2S. The fourth-order valence-electron chi connectivity index (χ4n) is 1.47. The van der Waals surface area contributed by atoms with Crippen molar-refractivity contribution in [1.82, 2.24) is 0 Å². The lowest BCUT2D eigenvalue weighted by Crippen LogP contribution is -2.09. The van der Waals surface area contributed by atoms with Gasteiger partial charge in [0.05, 0.1) is 30.3 Å². The Morgan fingerprint density at radius 3 is 2.74 bits per heavy atom. The zero-order valence-corrected chi connectivity index (χ0v) is 10.7. The Morgan fingerprint density at radius 2 is 2.21 bits per heavy atom. The average molecular weight is 289 g/mol. The van der Waals surface area contributed by atoms with Gasteiger partial charge in [-0.3, -0.25) is 4.79 Å². The van der Waals surface area contributed by atoms with Crippen molar-refractivity contribution in [2.24, 2.45) is 4.99 Å². The van der Waals surface area contributed by atoms with Crippen LogP contribution in [-0.2, 0) is 15.7 Å². The van der Waals surface area contributed by atoms with Crippen LogP contribution in [0.1, 0.15) is 23.6 Å². The molecule has 1 aromatic rings. The minimum Gasteiger partial charge on any atom is -0.469 e. The molecule has 3 nitrogen and oxygen atoms in total. The monoisotopic (exact) mass is 289 g/mol. The van der Waals surface area contributed by atoms with Gasteiger partial charge in [-0.15, -0.1) is 0 Å². The predicted octanol–water partition coefficient (Wildman–Crippen LogP) is 3.41. The summed E-state index contributed by atoms with van der Waals surface area (Å²) in [7, 11) is 1.19. The lowest BCUT2D eigenvalue weighted by molar-refractivity contribution is -0.141. The van der Waals surface area contributed by atoms with Gasteiger partial charge in [0.1, 0.15) is 0 Å². The summed E-state index contributed by atoms with van der Waals surface area (Å²) >= 11 is 4.43. The molecule has 0 bridgehead atoms. The zero-order chi connectivity index (χ0) is 14.5. The maximum Gasteiger partial charge on any atom is 0.416 e. The second kappa shape index (κ2) is 6.45. The first-order chi connectivity index (χ1) is 8.88. The zero-order valence-electron chi connectivity index (χ0n) is 9.90. The molecule has 0 aliphatic rings. The van der Waals surface area contributed by atoms with E-state index in [-0.39, 0.29) is 12.0 Å². The minimum absolute atomic E-state index is 0.193. The predicted molar refractivity (Wildman–Crippen MR) is 65.8 cm³/mol. The number of hydrogen-bond donors (Lipinski definition) is 0. The molecule has 0 N–H and O–H groups in total. The fourth-order valence-corrected chi connectivity index (χ4v) is 1.59. The van der Waals surface area contributed by atoms with Gasteiger partial charge in [0.2, 0.25) is 0 Å². The maximum atomic E-state index is 12.6. The van der Waals surface area contributed by atoms with Gasteiger partial charge in [0.25, 0.3) is 0 Å². The van der Waals surface area contributed by atoms with Crippen molar-refractivity contribution < 1.29 is 22.7 Å². The van der Waals surface area contributed by atoms with Gasteiger partial charge < -0.3 is 4.74 Å². The highest BCUT2D eigenvalue weighted by molar-refractivity contribution is 7.78. The Balaban J connectivity index is 3.09. The van der Waals surface area contributed by atoms with Crippen LogP contribution in [0.3, 0.4) is 0 Å². The molecule has 102 valence electrons. The molecule has 0 aromatic heterocycles. The third-order valence-electron chi connectivity index (χ3n) is 2.39. The van der Waals surface area contributed by atoms with Crippen LogP contribution in [-0.4, -0.2) is 18.2 Å². The molecular weight excluding hydrogens is 279 g/mol. The number of benzene rings is 1. The number of hydrogen-bond acceptors (Lipinski definition) is 4. The van der Waals surface area contributed by atoms with E-state index < -0.39 is 23.8 Å². The number of methoxy groups -OCH3 is 1. The molecule has 19 heavy (non-hydrogen) atoms. The molecule has 0 radical (unpaired) electrons. The topological polar surface area (TPSA) is 38.7 Å². The van der Waals surface area contributed by atoms with Crippen LogP contribution >= 0.6 is 12.2 Å². The van der Waals surface area contributed by atoms with Crippen molar-refractivity contribution in [3.63, 3.8) is 0 Å². The summed E-state index contributed by atoms with van der Waals surface area (Å²) in [4.78, 5) is 14.9. The summed E-state index contributed by atoms with van der Waals surface area (Å²) in [5.41, 5.74) is -0.572. The summed E-state index contributed by atoms with van der Waals surface area (Å²) in [5, 5.41) is 2.07. The van der Waals surface area contributed by atoms with Crippen molar-refractivity contribution in [3.05, 3.63) is 35.4 Å². The summed E-state index contributed by atoms with van der Waals surface area (Å²) in [6.07, 6.45) is -4.64. The Labute approximate surface area is 113 Å². The summed E-state index contributed by atoms with van der Waals surface area (Å²) in [6, 6.07) is 3.75. The summed E-state index contributed by atoms with van der Waals surface area (Å²) in [6.45, 7) is 0. The number of halogens is 3. The van der Waals surface area contributed by atoms with Gasteiger partial charge in [0.15, 0.2) is 0 Å². The van der Waals surface area contributed by atoms with Gasteiger partial charge in [-0.05, 0) is 29.9 Å². The van der Waals surface area contributed by atoms with Crippen molar-refractivity contribution in [3.8, 4) is 0 Å². The van der Waals surface area contributed by atoms with Crippen LogP contribution in [0.4, 0.5) is 13.2 Å². The number of alkyl halides is 3. The van der Waals surface area contributed by atoms with E-state index in [1.54, 1.807) is 0 Å². The first kappa shape index (κ1) is 15.3. The minimum atomic E-state index is -4.45. The Hall–Kier alpha value is -1.72. The second-order valence-electron chi connectivity index (χ2n) is 3.64. The van der Waals surface area contributed by atoms with Crippen LogP contribution in [0, 0.1) is 0 Å². The standard InChI is InChI=1S/C12H10F3NO2S/c1-18-11(17)6-10(16-7-19)8-3-2-4-9(5-8)12(13,14)15/h2-5,10H,6H2,1H3. The van der Waals surface area contributed by atoms with E-state index in [9.17, 15) is 18.0 Å².